The lowest BCUT2D eigenvalue weighted by Crippen LogP contribution is -2.28. The Kier molecular flexibility index (Phi) is 8.94. The number of rotatable bonds is 7. The molecule has 0 aliphatic carbocycles. The zero-order chi connectivity index (χ0) is 29.0. The number of carbonyl (C=O) groups excluding carboxylic acids is 1. The minimum absolute atomic E-state index is 0.00700. The van der Waals surface area contributed by atoms with E-state index < -0.39 is 29.9 Å². The van der Waals surface area contributed by atoms with E-state index in [4.69, 9.17) is 0 Å². The van der Waals surface area contributed by atoms with Crippen LogP contribution in [0.1, 0.15) is 50.6 Å². The van der Waals surface area contributed by atoms with Crippen molar-refractivity contribution < 1.29 is 31.1 Å². The molecular formula is C24H23F6N7OS. The number of carbonyl (C=O) groups is 1. The van der Waals surface area contributed by atoms with Crippen molar-refractivity contribution in [3.63, 3.8) is 0 Å². The molecule has 0 unspecified atom stereocenters. The minimum Gasteiger partial charge on any atom is -0.338 e. The molecule has 3 heterocycles. The SMILES string of the molecule is C/C=C(\C=C(/C=C(C)C)c1n[nH]c(C(F)(F)F)n1)c1cnc(NC(=O)NCC)cc1-c1nc(C(F)(F)F)cs1. The summed E-state index contributed by atoms with van der Waals surface area (Å²) in [5.41, 5.74) is 0.755. The van der Waals surface area contributed by atoms with Crippen LogP contribution >= 0.6 is 11.3 Å². The van der Waals surface area contributed by atoms with Crippen LogP contribution in [0.3, 0.4) is 0 Å². The zero-order valence-corrected chi connectivity index (χ0v) is 21.9. The predicted octanol–water partition coefficient (Wildman–Crippen LogP) is 6.96. The molecule has 3 aromatic rings. The van der Waals surface area contributed by atoms with Gasteiger partial charge >= 0.3 is 18.4 Å². The van der Waals surface area contributed by atoms with Crippen LogP contribution < -0.4 is 10.6 Å². The van der Waals surface area contributed by atoms with E-state index in [9.17, 15) is 31.1 Å². The van der Waals surface area contributed by atoms with Crippen LogP contribution in [0.2, 0.25) is 0 Å². The second-order valence-corrected chi connectivity index (χ2v) is 9.06. The summed E-state index contributed by atoms with van der Waals surface area (Å²) in [6, 6.07) is 0.802. The monoisotopic (exact) mass is 571 g/mol. The molecule has 3 N–H and O–H groups in total. The van der Waals surface area contributed by atoms with Gasteiger partial charge in [-0.2, -0.15) is 31.4 Å². The highest BCUT2D eigenvalue weighted by atomic mass is 32.1. The third-order valence-corrected chi connectivity index (χ3v) is 5.77. The second-order valence-electron chi connectivity index (χ2n) is 8.21. The number of alkyl halides is 6. The molecule has 0 saturated heterocycles. The van der Waals surface area contributed by atoms with E-state index in [0.29, 0.717) is 17.7 Å². The number of hydrogen-bond acceptors (Lipinski definition) is 6. The molecule has 208 valence electrons. The molecule has 0 aliphatic heterocycles. The van der Waals surface area contributed by atoms with Gasteiger partial charge in [-0.25, -0.2) is 19.7 Å². The smallest absolute Gasteiger partial charge is 0.338 e. The van der Waals surface area contributed by atoms with Gasteiger partial charge in [0.05, 0.1) is 0 Å². The number of hydrogen-bond donors (Lipinski definition) is 3. The molecule has 0 bridgehead atoms. The average Bonchev–Trinajstić information content (AvgIpc) is 3.52. The normalized spacial score (nSPS) is 12.9. The molecule has 0 radical (unpaired) electrons. The molecule has 2 amide bonds. The number of pyridine rings is 1. The molecule has 0 atom stereocenters. The van der Waals surface area contributed by atoms with E-state index in [1.165, 1.54) is 18.3 Å². The van der Waals surface area contributed by atoms with Gasteiger partial charge in [0.25, 0.3) is 0 Å². The molecule has 0 fully saturated rings. The van der Waals surface area contributed by atoms with Crippen molar-refractivity contribution in [1.82, 2.24) is 30.5 Å². The van der Waals surface area contributed by atoms with Crippen LogP contribution in [0.15, 0.2) is 41.4 Å². The molecule has 0 aromatic carbocycles. The average molecular weight is 572 g/mol. The lowest BCUT2D eigenvalue weighted by molar-refractivity contribution is -0.144. The van der Waals surface area contributed by atoms with Crippen molar-refractivity contribution in [2.45, 2.75) is 40.0 Å². The molecule has 8 nitrogen and oxygen atoms in total. The van der Waals surface area contributed by atoms with E-state index in [2.05, 4.69) is 30.7 Å². The van der Waals surface area contributed by atoms with Crippen LogP contribution in [0.4, 0.5) is 37.0 Å². The van der Waals surface area contributed by atoms with Crippen molar-refractivity contribution in [1.29, 1.82) is 0 Å². The van der Waals surface area contributed by atoms with Gasteiger partial charge in [0.15, 0.2) is 11.5 Å². The number of nitrogens with one attached hydrogen (secondary N) is 3. The fourth-order valence-electron chi connectivity index (χ4n) is 3.26. The largest absolute Gasteiger partial charge is 0.451 e. The number of nitrogens with zero attached hydrogens (tertiary/aromatic N) is 4. The lowest BCUT2D eigenvalue weighted by atomic mass is 9.98. The Morgan fingerprint density at radius 3 is 2.33 bits per heavy atom. The maximum atomic E-state index is 13.3. The number of aromatic nitrogens is 5. The first-order valence-electron chi connectivity index (χ1n) is 11.3. The Labute approximate surface area is 223 Å². The number of anilines is 1. The first kappa shape index (κ1) is 29.5. The predicted molar refractivity (Wildman–Crippen MR) is 135 cm³/mol. The first-order valence-corrected chi connectivity index (χ1v) is 12.2. The standard InChI is InChI=1S/C24H23F6N7OS/c1-5-13(8-14(7-12(3)4)19-35-21(37-36-19)24(28,29)30)16-10-32-18(34-22(38)31-6-2)9-15(16)20-33-17(11-39-20)23(25,26)27/h5,7-11H,6H2,1-4H3,(H,35,36,37)(H2,31,32,34,38)/b13-5+,14-8+. The number of aromatic amines is 1. The molecule has 0 saturated carbocycles. The van der Waals surface area contributed by atoms with Gasteiger partial charge in [-0.15, -0.1) is 11.3 Å². The van der Waals surface area contributed by atoms with Crippen molar-refractivity contribution in [3.05, 3.63) is 64.4 Å². The number of H-pyrrole nitrogens is 1. The van der Waals surface area contributed by atoms with Gasteiger partial charge in [-0.3, -0.25) is 10.4 Å². The number of thiazole rings is 1. The summed E-state index contributed by atoms with van der Waals surface area (Å²) in [5, 5.41) is 11.4. The summed E-state index contributed by atoms with van der Waals surface area (Å²) < 4.78 is 79.2. The Bertz CT molecular complexity index is 1430. The number of amides is 2. The van der Waals surface area contributed by atoms with Crippen LogP contribution in [0.5, 0.6) is 0 Å². The van der Waals surface area contributed by atoms with Gasteiger partial charge in [-0.05, 0) is 45.4 Å². The third kappa shape index (κ3) is 7.52. The summed E-state index contributed by atoms with van der Waals surface area (Å²) in [6.07, 6.45) is -3.42. The fourth-order valence-corrected chi connectivity index (χ4v) is 4.12. The van der Waals surface area contributed by atoms with Crippen molar-refractivity contribution in [2.24, 2.45) is 0 Å². The van der Waals surface area contributed by atoms with Crippen LogP contribution in [-0.4, -0.2) is 37.7 Å². The number of urea groups is 1. The van der Waals surface area contributed by atoms with Gasteiger partial charge in [0.2, 0.25) is 5.82 Å². The van der Waals surface area contributed by atoms with E-state index in [1.807, 2.05) is 5.10 Å². The van der Waals surface area contributed by atoms with Crippen molar-refractivity contribution in [3.8, 4) is 10.6 Å². The topological polar surface area (TPSA) is 108 Å². The Morgan fingerprint density at radius 1 is 1.08 bits per heavy atom. The summed E-state index contributed by atoms with van der Waals surface area (Å²) in [7, 11) is 0. The van der Waals surface area contributed by atoms with E-state index in [0.717, 1.165) is 22.3 Å². The minimum atomic E-state index is -4.74. The number of allylic oxidation sites excluding steroid dienone is 6. The molecule has 3 rings (SSSR count). The highest BCUT2D eigenvalue weighted by Crippen LogP contribution is 2.38. The maximum absolute atomic E-state index is 13.3. The molecule has 15 heteroatoms. The number of halogens is 6. The Hall–Kier alpha value is -4.01. The molecular weight excluding hydrogens is 548 g/mol. The molecule has 39 heavy (non-hydrogen) atoms. The van der Waals surface area contributed by atoms with Gasteiger partial charge in [0, 0.05) is 34.8 Å². The summed E-state index contributed by atoms with van der Waals surface area (Å²) in [4.78, 5) is 23.5. The maximum Gasteiger partial charge on any atom is 0.451 e. The van der Waals surface area contributed by atoms with E-state index in [-0.39, 0.29) is 27.8 Å². The Morgan fingerprint density at radius 2 is 1.79 bits per heavy atom. The summed E-state index contributed by atoms with van der Waals surface area (Å²) in [6.45, 7) is 7.12. The second kappa shape index (κ2) is 11.8. The van der Waals surface area contributed by atoms with Gasteiger partial charge < -0.3 is 5.32 Å². The van der Waals surface area contributed by atoms with Crippen LogP contribution in [0.25, 0.3) is 21.7 Å². The summed E-state index contributed by atoms with van der Waals surface area (Å²) in [5.74, 6) is -1.46. The van der Waals surface area contributed by atoms with E-state index >= 15 is 0 Å². The lowest BCUT2D eigenvalue weighted by Gasteiger charge is -2.12. The molecule has 0 spiro atoms. The van der Waals surface area contributed by atoms with E-state index in [1.54, 1.807) is 39.8 Å². The highest BCUT2D eigenvalue weighted by Gasteiger charge is 2.36. The third-order valence-electron chi connectivity index (χ3n) is 4.90. The quantitative estimate of drug-likeness (QED) is 0.210. The summed E-state index contributed by atoms with van der Waals surface area (Å²) >= 11 is 0.740. The fraction of sp³-hybridized carbons (Fsp3) is 0.292. The first-order chi connectivity index (χ1) is 18.2. The zero-order valence-electron chi connectivity index (χ0n) is 21.0. The molecule has 0 aliphatic rings. The van der Waals surface area contributed by atoms with Crippen molar-refractivity contribution >= 4 is 34.3 Å². The van der Waals surface area contributed by atoms with Gasteiger partial charge in [-0.1, -0.05) is 17.7 Å². The van der Waals surface area contributed by atoms with Crippen molar-refractivity contribution in [2.75, 3.05) is 11.9 Å². The Balaban J connectivity index is 2.18. The van der Waals surface area contributed by atoms with Gasteiger partial charge in [0.1, 0.15) is 10.8 Å². The van der Waals surface area contributed by atoms with Crippen LogP contribution in [0, 0.1) is 0 Å². The highest BCUT2D eigenvalue weighted by molar-refractivity contribution is 7.13. The van der Waals surface area contributed by atoms with Crippen LogP contribution in [-0.2, 0) is 12.4 Å². The molecule has 3 aromatic heterocycles.